The highest BCUT2D eigenvalue weighted by atomic mass is 79.9. The fourth-order valence-corrected chi connectivity index (χ4v) is 1.60. The Bertz CT molecular complexity index is 333. The summed E-state index contributed by atoms with van der Waals surface area (Å²) in [5, 5.41) is 18.8. The molecule has 0 aromatic heterocycles. The highest BCUT2D eigenvalue weighted by molar-refractivity contribution is 9.10. The van der Waals surface area contributed by atoms with Crippen LogP contribution >= 0.6 is 15.9 Å². The van der Waals surface area contributed by atoms with Crippen molar-refractivity contribution < 1.29 is 14.6 Å². The predicted molar refractivity (Wildman–Crippen MR) is 54.4 cm³/mol. The molecule has 5 heteroatoms. The van der Waals surface area contributed by atoms with Gasteiger partial charge in [-0.3, -0.25) is 0 Å². The number of rotatable bonds is 3. The predicted octanol–water partition coefficient (Wildman–Crippen LogP) is 1.68. The molecule has 1 rings (SSSR count). The van der Waals surface area contributed by atoms with E-state index >= 15 is 0 Å². The van der Waals surface area contributed by atoms with E-state index in [4.69, 9.17) is 5.73 Å². The Hall–Kier alpha value is -0.650. The maximum atomic E-state index is 13.0. The number of halogens is 2. The Balaban J connectivity index is 3.07. The van der Waals surface area contributed by atoms with Crippen molar-refractivity contribution in [2.75, 3.05) is 6.54 Å². The highest BCUT2D eigenvalue weighted by Crippen LogP contribution is 2.31. The molecule has 0 aliphatic rings. The average molecular weight is 264 g/mol. The number of nitrogens with two attached hydrogens (primary N) is 1. The summed E-state index contributed by atoms with van der Waals surface area (Å²) in [4.78, 5) is 0. The van der Waals surface area contributed by atoms with Crippen molar-refractivity contribution >= 4 is 15.9 Å². The van der Waals surface area contributed by atoms with Crippen LogP contribution in [-0.4, -0.2) is 16.8 Å². The van der Waals surface area contributed by atoms with E-state index in [1.54, 1.807) is 0 Å². The van der Waals surface area contributed by atoms with Gasteiger partial charge in [0, 0.05) is 10.0 Å². The molecule has 0 amide bonds. The van der Waals surface area contributed by atoms with Crippen LogP contribution in [-0.2, 0) is 0 Å². The summed E-state index contributed by atoms with van der Waals surface area (Å²) in [5.74, 6) is -1.28. The van der Waals surface area contributed by atoms with E-state index in [9.17, 15) is 14.6 Å². The first kappa shape index (κ1) is 11.4. The minimum atomic E-state index is -0.938. The Morgan fingerprint density at radius 3 is 2.71 bits per heavy atom. The Labute approximate surface area is 89.5 Å². The van der Waals surface area contributed by atoms with E-state index in [1.165, 1.54) is 6.07 Å². The minimum absolute atomic E-state index is 0.155. The third kappa shape index (κ3) is 2.43. The van der Waals surface area contributed by atoms with Crippen molar-refractivity contribution in [1.29, 1.82) is 0 Å². The summed E-state index contributed by atoms with van der Waals surface area (Å²) < 4.78 is 13.5. The molecular formula is C9H11BrFNO2. The lowest BCUT2D eigenvalue weighted by molar-refractivity contribution is 0.165. The van der Waals surface area contributed by atoms with E-state index in [1.807, 2.05) is 0 Å². The van der Waals surface area contributed by atoms with Gasteiger partial charge >= 0.3 is 0 Å². The van der Waals surface area contributed by atoms with Crippen molar-refractivity contribution in [3.8, 4) is 5.75 Å². The smallest absolute Gasteiger partial charge is 0.166 e. The lowest BCUT2D eigenvalue weighted by atomic mass is 10.1. The van der Waals surface area contributed by atoms with Gasteiger partial charge in [0.25, 0.3) is 0 Å². The lowest BCUT2D eigenvalue weighted by Crippen LogP contribution is -2.07. The number of benzene rings is 1. The van der Waals surface area contributed by atoms with Crippen LogP contribution in [0.15, 0.2) is 16.6 Å². The minimum Gasteiger partial charge on any atom is -0.505 e. The third-order valence-corrected chi connectivity index (χ3v) is 2.31. The molecule has 0 saturated heterocycles. The van der Waals surface area contributed by atoms with Crippen LogP contribution in [0.1, 0.15) is 18.1 Å². The topological polar surface area (TPSA) is 66.5 Å². The first-order valence-corrected chi connectivity index (χ1v) is 4.91. The van der Waals surface area contributed by atoms with E-state index in [-0.39, 0.29) is 18.5 Å². The van der Waals surface area contributed by atoms with Crippen LogP contribution in [0.3, 0.4) is 0 Å². The van der Waals surface area contributed by atoms with E-state index < -0.39 is 17.7 Å². The van der Waals surface area contributed by atoms with Gasteiger partial charge < -0.3 is 15.9 Å². The van der Waals surface area contributed by atoms with Crippen LogP contribution in [0, 0.1) is 5.82 Å². The number of hydrogen-bond donors (Lipinski definition) is 3. The van der Waals surface area contributed by atoms with Crippen molar-refractivity contribution in [3.05, 3.63) is 28.0 Å². The second-order valence-corrected chi connectivity index (χ2v) is 3.83. The summed E-state index contributed by atoms with van der Waals surface area (Å²) >= 11 is 3.07. The second kappa shape index (κ2) is 4.72. The van der Waals surface area contributed by atoms with Gasteiger partial charge in [-0.1, -0.05) is 15.9 Å². The zero-order valence-corrected chi connectivity index (χ0v) is 8.96. The number of phenols is 1. The molecule has 1 aromatic rings. The molecule has 0 bridgehead atoms. The van der Waals surface area contributed by atoms with Crippen molar-refractivity contribution in [2.24, 2.45) is 5.73 Å². The van der Waals surface area contributed by atoms with Gasteiger partial charge in [-0.25, -0.2) is 4.39 Å². The van der Waals surface area contributed by atoms with E-state index in [0.717, 1.165) is 6.07 Å². The van der Waals surface area contributed by atoms with Crippen molar-refractivity contribution in [1.82, 2.24) is 0 Å². The second-order valence-electron chi connectivity index (χ2n) is 2.92. The Morgan fingerprint density at radius 1 is 1.50 bits per heavy atom. The maximum absolute atomic E-state index is 13.0. The van der Waals surface area contributed by atoms with Gasteiger partial charge in [0.15, 0.2) is 11.6 Å². The number of phenolic OH excluding ortho intramolecular Hbond substituents is 1. The molecule has 0 spiro atoms. The number of aromatic hydroxyl groups is 1. The van der Waals surface area contributed by atoms with Gasteiger partial charge in [0.2, 0.25) is 0 Å². The van der Waals surface area contributed by atoms with Gasteiger partial charge in [-0.15, -0.1) is 0 Å². The van der Waals surface area contributed by atoms with Crippen molar-refractivity contribution in [3.63, 3.8) is 0 Å². The standard InChI is InChI=1S/C9H11BrFNO2/c10-5-3-6(8(13)1-2-12)9(14)7(11)4-5/h3-4,8,13-14H,1-2,12H2. The molecule has 0 fully saturated rings. The molecule has 1 aromatic carbocycles. The zero-order chi connectivity index (χ0) is 10.7. The monoisotopic (exact) mass is 263 g/mol. The fraction of sp³-hybridized carbons (Fsp3) is 0.333. The quantitative estimate of drug-likeness (QED) is 0.778. The molecule has 3 nitrogen and oxygen atoms in total. The average Bonchev–Trinajstić information content (AvgIpc) is 2.11. The Morgan fingerprint density at radius 2 is 2.14 bits per heavy atom. The number of aliphatic hydroxyl groups excluding tert-OH is 1. The molecular weight excluding hydrogens is 253 g/mol. The molecule has 0 radical (unpaired) electrons. The first-order valence-electron chi connectivity index (χ1n) is 4.12. The summed E-state index contributed by atoms with van der Waals surface area (Å²) in [6.45, 7) is 0.273. The molecule has 4 N–H and O–H groups in total. The Kier molecular flexibility index (Phi) is 3.86. The maximum Gasteiger partial charge on any atom is 0.166 e. The van der Waals surface area contributed by atoms with E-state index in [2.05, 4.69) is 15.9 Å². The van der Waals surface area contributed by atoms with Crippen LogP contribution < -0.4 is 5.73 Å². The molecule has 78 valence electrons. The molecule has 14 heavy (non-hydrogen) atoms. The van der Waals surface area contributed by atoms with Crippen molar-refractivity contribution in [2.45, 2.75) is 12.5 Å². The molecule has 1 unspecified atom stereocenters. The largest absolute Gasteiger partial charge is 0.505 e. The van der Waals surface area contributed by atoms with Gasteiger partial charge in [0.1, 0.15) is 0 Å². The summed E-state index contributed by atoms with van der Waals surface area (Å²) in [6, 6.07) is 2.60. The summed E-state index contributed by atoms with van der Waals surface area (Å²) in [6.07, 6.45) is -0.657. The normalized spacial score (nSPS) is 12.9. The van der Waals surface area contributed by atoms with E-state index in [0.29, 0.717) is 4.47 Å². The fourth-order valence-electron chi connectivity index (χ4n) is 1.15. The molecule has 0 saturated carbocycles. The number of hydrogen-bond acceptors (Lipinski definition) is 3. The van der Waals surface area contributed by atoms with Crippen LogP contribution in [0.4, 0.5) is 4.39 Å². The number of aliphatic hydroxyl groups is 1. The van der Waals surface area contributed by atoms with Gasteiger partial charge in [0.05, 0.1) is 6.10 Å². The van der Waals surface area contributed by atoms with Crippen LogP contribution in [0.25, 0.3) is 0 Å². The molecule has 0 aliphatic carbocycles. The SMILES string of the molecule is NCCC(O)c1cc(Br)cc(F)c1O. The van der Waals surface area contributed by atoms with Gasteiger partial charge in [-0.05, 0) is 25.1 Å². The van der Waals surface area contributed by atoms with Crippen LogP contribution in [0.2, 0.25) is 0 Å². The zero-order valence-electron chi connectivity index (χ0n) is 7.37. The first-order chi connectivity index (χ1) is 6.56. The lowest BCUT2D eigenvalue weighted by Gasteiger charge is -2.12. The third-order valence-electron chi connectivity index (χ3n) is 1.86. The van der Waals surface area contributed by atoms with Crippen LogP contribution in [0.5, 0.6) is 5.75 Å². The molecule has 1 atom stereocenters. The van der Waals surface area contributed by atoms with Gasteiger partial charge in [-0.2, -0.15) is 0 Å². The molecule has 0 heterocycles. The highest BCUT2D eigenvalue weighted by Gasteiger charge is 2.15. The summed E-state index contributed by atoms with van der Waals surface area (Å²) in [7, 11) is 0. The molecule has 0 aliphatic heterocycles. The summed E-state index contributed by atoms with van der Waals surface area (Å²) in [5.41, 5.74) is 5.40.